The first-order chi connectivity index (χ1) is 7.29. The van der Waals surface area contributed by atoms with Gasteiger partial charge in [0.25, 0.3) is 0 Å². The summed E-state index contributed by atoms with van der Waals surface area (Å²) in [7, 11) is 2.23. The van der Waals surface area contributed by atoms with Crippen LogP contribution < -0.4 is 0 Å². The van der Waals surface area contributed by atoms with Crippen LogP contribution in [0.15, 0.2) is 12.8 Å². The smallest absolute Gasteiger partial charge is 0.113 e. The predicted molar refractivity (Wildman–Crippen MR) is 64.9 cm³/mol. The van der Waals surface area contributed by atoms with Crippen molar-refractivity contribution in [2.75, 3.05) is 13.6 Å². The molecule has 15 heavy (non-hydrogen) atoms. The zero-order valence-corrected chi connectivity index (χ0v) is 10.2. The highest BCUT2D eigenvalue weighted by Gasteiger charge is 2.28. The molecule has 0 bridgehead atoms. The van der Waals surface area contributed by atoms with E-state index in [0.717, 1.165) is 0 Å². The van der Waals surface area contributed by atoms with Crippen molar-refractivity contribution >= 4 is 0 Å². The zero-order chi connectivity index (χ0) is 11.1. The molecule has 88 valence electrons. The van der Waals surface area contributed by atoms with E-state index < -0.39 is 0 Å². The standard InChI is InChI=1S/C13H25NO/c1-4-6-11-14(3)12-9-7-8-10-13(12)15-5-2/h5,12-13H,2,4,6-11H2,1,3H3. The van der Waals surface area contributed by atoms with Gasteiger partial charge < -0.3 is 4.74 Å². The molecule has 0 amide bonds. The summed E-state index contributed by atoms with van der Waals surface area (Å²) in [5.41, 5.74) is 0. The van der Waals surface area contributed by atoms with Crippen molar-refractivity contribution in [2.45, 2.75) is 57.6 Å². The Morgan fingerprint density at radius 1 is 1.40 bits per heavy atom. The van der Waals surface area contributed by atoms with Crippen LogP contribution in [0.5, 0.6) is 0 Å². The molecule has 0 N–H and O–H groups in total. The van der Waals surface area contributed by atoms with E-state index in [4.69, 9.17) is 4.74 Å². The zero-order valence-electron chi connectivity index (χ0n) is 10.2. The van der Waals surface area contributed by atoms with Gasteiger partial charge >= 0.3 is 0 Å². The van der Waals surface area contributed by atoms with Crippen LogP contribution >= 0.6 is 0 Å². The fraction of sp³-hybridized carbons (Fsp3) is 0.846. The number of unbranched alkanes of at least 4 members (excludes halogenated alkanes) is 1. The van der Waals surface area contributed by atoms with Crippen molar-refractivity contribution < 1.29 is 4.74 Å². The quantitative estimate of drug-likeness (QED) is 0.626. The molecular weight excluding hydrogens is 186 g/mol. The second-order valence-corrected chi connectivity index (χ2v) is 4.53. The number of nitrogens with zero attached hydrogens (tertiary/aromatic N) is 1. The van der Waals surface area contributed by atoms with Crippen molar-refractivity contribution in [3.05, 3.63) is 12.8 Å². The lowest BCUT2D eigenvalue weighted by Gasteiger charge is -2.37. The maximum atomic E-state index is 5.62. The molecule has 0 aromatic carbocycles. The molecule has 0 spiro atoms. The minimum atomic E-state index is 0.373. The average Bonchev–Trinajstić information content (AvgIpc) is 2.27. The van der Waals surface area contributed by atoms with Crippen LogP contribution in [0, 0.1) is 0 Å². The van der Waals surface area contributed by atoms with Gasteiger partial charge in [0.05, 0.1) is 6.26 Å². The first-order valence-electron chi connectivity index (χ1n) is 6.26. The third-order valence-electron chi connectivity index (χ3n) is 3.37. The van der Waals surface area contributed by atoms with Gasteiger partial charge in [0.15, 0.2) is 0 Å². The van der Waals surface area contributed by atoms with Crippen molar-refractivity contribution in [3.8, 4) is 0 Å². The van der Waals surface area contributed by atoms with Gasteiger partial charge in [-0.3, -0.25) is 4.90 Å². The highest BCUT2D eigenvalue weighted by atomic mass is 16.5. The molecule has 1 rings (SSSR count). The van der Waals surface area contributed by atoms with Crippen LogP contribution in [0.2, 0.25) is 0 Å². The third-order valence-corrected chi connectivity index (χ3v) is 3.37. The Bertz CT molecular complexity index is 181. The Morgan fingerprint density at radius 3 is 2.80 bits per heavy atom. The number of ether oxygens (including phenoxy) is 1. The fourth-order valence-corrected chi connectivity index (χ4v) is 2.44. The molecular formula is C13H25NO. The maximum Gasteiger partial charge on any atom is 0.113 e. The van der Waals surface area contributed by atoms with E-state index in [0.29, 0.717) is 12.1 Å². The number of likely N-dealkylation sites (N-methyl/N-ethyl adjacent to an activating group) is 1. The number of hydrogen-bond acceptors (Lipinski definition) is 2. The van der Waals surface area contributed by atoms with Crippen molar-refractivity contribution in [1.29, 1.82) is 0 Å². The highest BCUT2D eigenvalue weighted by Crippen LogP contribution is 2.25. The molecule has 1 aliphatic carbocycles. The Hall–Kier alpha value is -0.500. The normalized spacial score (nSPS) is 26.6. The Kier molecular flexibility index (Phi) is 5.77. The van der Waals surface area contributed by atoms with E-state index in [1.165, 1.54) is 45.1 Å². The molecule has 0 radical (unpaired) electrons. The lowest BCUT2D eigenvalue weighted by molar-refractivity contribution is 0.0202. The molecule has 0 saturated heterocycles. The summed E-state index contributed by atoms with van der Waals surface area (Å²) in [6, 6.07) is 0.600. The summed E-state index contributed by atoms with van der Waals surface area (Å²) in [6.45, 7) is 7.11. The average molecular weight is 211 g/mol. The van der Waals surface area contributed by atoms with E-state index >= 15 is 0 Å². The lowest BCUT2D eigenvalue weighted by Crippen LogP contribution is -2.44. The monoisotopic (exact) mass is 211 g/mol. The summed E-state index contributed by atoms with van der Waals surface area (Å²) < 4.78 is 5.62. The number of rotatable bonds is 6. The van der Waals surface area contributed by atoms with Crippen LogP contribution in [-0.4, -0.2) is 30.6 Å². The molecule has 1 fully saturated rings. The molecule has 0 aromatic heterocycles. The first-order valence-corrected chi connectivity index (χ1v) is 6.26. The molecule has 2 atom stereocenters. The van der Waals surface area contributed by atoms with E-state index in [1.54, 1.807) is 6.26 Å². The summed E-state index contributed by atoms with van der Waals surface area (Å²) in [6.07, 6.45) is 9.65. The topological polar surface area (TPSA) is 12.5 Å². The Labute approximate surface area is 94.3 Å². The molecule has 2 nitrogen and oxygen atoms in total. The van der Waals surface area contributed by atoms with E-state index in [1.807, 2.05) is 0 Å². The largest absolute Gasteiger partial charge is 0.497 e. The van der Waals surface area contributed by atoms with E-state index in [-0.39, 0.29) is 0 Å². The van der Waals surface area contributed by atoms with Crippen molar-refractivity contribution in [3.63, 3.8) is 0 Å². The van der Waals surface area contributed by atoms with Gasteiger partial charge in [-0.2, -0.15) is 0 Å². The van der Waals surface area contributed by atoms with Gasteiger partial charge in [-0.15, -0.1) is 0 Å². The molecule has 0 aliphatic heterocycles. The second kappa shape index (κ2) is 6.89. The van der Waals surface area contributed by atoms with Gasteiger partial charge in [-0.05, 0) is 39.3 Å². The van der Waals surface area contributed by atoms with Crippen molar-refractivity contribution in [2.24, 2.45) is 0 Å². The predicted octanol–water partition coefficient (Wildman–Crippen LogP) is 3.19. The van der Waals surface area contributed by atoms with Crippen LogP contribution in [0.25, 0.3) is 0 Å². The van der Waals surface area contributed by atoms with Gasteiger partial charge in [-0.1, -0.05) is 26.3 Å². The van der Waals surface area contributed by atoms with Gasteiger partial charge in [0, 0.05) is 6.04 Å². The maximum absolute atomic E-state index is 5.62. The minimum Gasteiger partial charge on any atom is -0.497 e. The Morgan fingerprint density at radius 2 is 2.13 bits per heavy atom. The minimum absolute atomic E-state index is 0.373. The SMILES string of the molecule is C=COC1CCCCC1N(C)CCCC. The van der Waals surface area contributed by atoms with Crippen LogP contribution in [0.1, 0.15) is 45.4 Å². The molecule has 0 heterocycles. The van der Waals surface area contributed by atoms with Gasteiger partial charge in [0.1, 0.15) is 6.10 Å². The molecule has 0 aromatic rings. The molecule has 2 unspecified atom stereocenters. The fourth-order valence-electron chi connectivity index (χ4n) is 2.44. The van der Waals surface area contributed by atoms with Crippen molar-refractivity contribution in [1.82, 2.24) is 4.90 Å². The van der Waals surface area contributed by atoms with E-state index in [9.17, 15) is 0 Å². The lowest BCUT2D eigenvalue weighted by atomic mass is 9.91. The molecule has 2 heteroatoms. The number of hydrogen-bond donors (Lipinski definition) is 0. The summed E-state index contributed by atoms with van der Waals surface area (Å²) in [5, 5.41) is 0. The summed E-state index contributed by atoms with van der Waals surface area (Å²) >= 11 is 0. The highest BCUT2D eigenvalue weighted by molar-refractivity contribution is 4.84. The second-order valence-electron chi connectivity index (χ2n) is 4.53. The summed E-state index contributed by atoms with van der Waals surface area (Å²) in [4.78, 5) is 2.47. The molecule has 1 saturated carbocycles. The Balaban J connectivity index is 2.43. The van der Waals surface area contributed by atoms with Crippen LogP contribution in [0.4, 0.5) is 0 Å². The third kappa shape index (κ3) is 3.86. The van der Waals surface area contributed by atoms with Crippen LogP contribution in [0.3, 0.4) is 0 Å². The first kappa shape index (κ1) is 12.6. The van der Waals surface area contributed by atoms with E-state index in [2.05, 4.69) is 25.5 Å². The van der Waals surface area contributed by atoms with Crippen LogP contribution in [-0.2, 0) is 4.74 Å². The summed E-state index contributed by atoms with van der Waals surface area (Å²) in [5.74, 6) is 0. The van der Waals surface area contributed by atoms with Gasteiger partial charge in [0.2, 0.25) is 0 Å². The van der Waals surface area contributed by atoms with Gasteiger partial charge in [-0.25, -0.2) is 0 Å². The molecule has 1 aliphatic rings.